The molecular weight excluding hydrogens is 347 g/mol. The Kier molecular flexibility index (Phi) is 4.55. The number of hydrogen-bond donors (Lipinski definition) is 0. The normalized spacial score (nSPS) is 17.8. The zero-order valence-corrected chi connectivity index (χ0v) is 13.3. The van der Waals surface area contributed by atoms with Crippen LogP contribution in [0.15, 0.2) is 36.4 Å². The maximum absolute atomic E-state index is 13.3. The monoisotopic (exact) mass is 357 g/mol. The molecule has 120 valence electrons. The third kappa shape index (κ3) is 3.33. The fourth-order valence-corrected chi connectivity index (χ4v) is 3.83. The molecule has 1 saturated heterocycles. The lowest BCUT2D eigenvalue weighted by Gasteiger charge is -2.24. The molecule has 2 aromatic rings. The molecule has 0 aliphatic carbocycles. The quantitative estimate of drug-likeness (QED) is 0.752. The van der Waals surface area contributed by atoms with Crippen molar-refractivity contribution in [2.75, 3.05) is 5.75 Å². The molecule has 0 bridgehead atoms. The Hall–Kier alpha value is -1.66. The summed E-state index contributed by atoms with van der Waals surface area (Å²) in [5.74, 6) is -3.92. The summed E-state index contributed by atoms with van der Waals surface area (Å²) in [4.78, 5) is 13.6. The first kappa shape index (κ1) is 16.2. The summed E-state index contributed by atoms with van der Waals surface area (Å²) in [6.45, 7) is -0.00284. The van der Waals surface area contributed by atoms with Crippen LogP contribution in [0.3, 0.4) is 0 Å². The van der Waals surface area contributed by atoms with Crippen LogP contribution in [0.5, 0.6) is 0 Å². The maximum Gasteiger partial charge on any atom is 0.234 e. The second-order valence-corrected chi connectivity index (χ2v) is 6.62. The highest BCUT2D eigenvalue weighted by molar-refractivity contribution is 8.00. The Bertz CT molecular complexity index is 748. The first-order valence-electron chi connectivity index (χ1n) is 6.75. The summed E-state index contributed by atoms with van der Waals surface area (Å²) in [5.41, 5.74) is 1.03. The van der Waals surface area contributed by atoms with Gasteiger partial charge in [0.1, 0.15) is 5.37 Å². The van der Waals surface area contributed by atoms with Crippen LogP contribution >= 0.6 is 23.4 Å². The summed E-state index contributed by atoms with van der Waals surface area (Å²) in [6, 6.07) is 8.89. The molecule has 1 fully saturated rings. The van der Waals surface area contributed by atoms with Crippen molar-refractivity contribution in [2.24, 2.45) is 0 Å². The molecule has 0 saturated carbocycles. The first-order chi connectivity index (χ1) is 11.0. The van der Waals surface area contributed by atoms with E-state index < -0.39 is 17.5 Å². The molecule has 0 N–H and O–H groups in total. The number of halogens is 4. The predicted molar refractivity (Wildman–Crippen MR) is 83.5 cm³/mol. The molecule has 23 heavy (non-hydrogen) atoms. The molecule has 7 heteroatoms. The molecule has 1 aliphatic rings. The van der Waals surface area contributed by atoms with E-state index in [0.29, 0.717) is 5.02 Å². The SMILES string of the molecule is O=C1CSC(c2cccc(Cl)c2)N1Cc1cc(F)c(F)c(F)c1. The average Bonchev–Trinajstić information content (AvgIpc) is 2.86. The minimum absolute atomic E-state index is 0.00284. The Morgan fingerprint density at radius 3 is 2.52 bits per heavy atom. The zero-order valence-electron chi connectivity index (χ0n) is 11.7. The van der Waals surface area contributed by atoms with E-state index in [1.165, 1.54) is 16.7 Å². The summed E-state index contributed by atoms with van der Waals surface area (Å²) in [7, 11) is 0. The molecule has 1 heterocycles. The molecule has 0 spiro atoms. The average molecular weight is 358 g/mol. The van der Waals surface area contributed by atoms with E-state index in [4.69, 9.17) is 11.6 Å². The number of nitrogens with zero attached hydrogens (tertiary/aromatic N) is 1. The molecule has 1 unspecified atom stereocenters. The van der Waals surface area contributed by atoms with E-state index in [-0.39, 0.29) is 29.1 Å². The number of benzene rings is 2. The predicted octanol–water partition coefficient (Wildman–Crippen LogP) is 4.53. The van der Waals surface area contributed by atoms with Crippen LogP contribution in [-0.2, 0) is 11.3 Å². The van der Waals surface area contributed by atoms with Crippen LogP contribution in [0.25, 0.3) is 0 Å². The molecular formula is C16H11ClF3NOS. The highest BCUT2D eigenvalue weighted by Gasteiger charge is 2.33. The second-order valence-electron chi connectivity index (χ2n) is 5.11. The molecule has 2 aromatic carbocycles. The molecule has 1 amide bonds. The lowest BCUT2D eigenvalue weighted by Crippen LogP contribution is -2.27. The van der Waals surface area contributed by atoms with Crippen molar-refractivity contribution in [3.05, 3.63) is 70.0 Å². The van der Waals surface area contributed by atoms with Gasteiger partial charge in [-0.2, -0.15) is 0 Å². The lowest BCUT2D eigenvalue weighted by molar-refractivity contribution is -0.128. The number of hydrogen-bond acceptors (Lipinski definition) is 2. The third-order valence-electron chi connectivity index (χ3n) is 3.50. The molecule has 0 aromatic heterocycles. The largest absolute Gasteiger partial charge is 0.322 e. The van der Waals surface area contributed by atoms with Crippen LogP contribution in [0, 0.1) is 17.5 Å². The van der Waals surface area contributed by atoms with Gasteiger partial charge in [-0.25, -0.2) is 13.2 Å². The summed E-state index contributed by atoms with van der Waals surface area (Å²) in [6.07, 6.45) is 0. The smallest absolute Gasteiger partial charge is 0.234 e. The van der Waals surface area contributed by atoms with E-state index in [1.807, 2.05) is 6.07 Å². The number of carbonyl (C=O) groups is 1. The number of thioether (sulfide) groups is 1. The molecule has 2 nitrogen and oxygen atoms in total. The Morgan fingerprint density at radius 2 is 1.87 bits per heavy atom. The highest BCUT2D eigenvalue weighted by Crippen LogP contribution is 2.40. The number of rotatable bonds is 3. The standard InChI is InChI=1S/C16H11ClF3NOS/c17-11-3-1-2-10(6-11)16-21(14(22)8-23-16)7-9-4-12(18)15(20)13(19)5-9/h1-6,16H,7-8H2. The van der Waals surface area contributed by atoms with Gasteiger partial charge in [0.15, 0.2) is 17.5 Å². The van der Waals surface area contributed by atoms with Crippen LogP contribution in [0.4, 0.5) is 13.2 Å². The van der Waals surface area contributed by atoms with Crippen molar-refractivity contribution in [3.63, 3.8) is 0 Å². The fourth-order valence-electron chi connectivity index (χ4n) is 2.46. The van der Waals surface area contributed by atoms with Crippen LogP contribution in [0.2, 0.25) is 5.02 Å². The fraction of sp³-hybridized carbons (Fsp3) is 0.188. The topological polar surface area (TPSA) is 20.3 Å². The van der Waals surface area contributed by atoms with E-state index in [9.17, 15) is 18.0 Å². The van der Waals surface area contributed by atoms with E-state index in [0.717, 1.165) is 17.7 Å². The minimum atomic E-state index is -1.51. The van der Waals surface area contributed by atoms with Gasteiger partial charge in [-0.05, 0) is 35.4 Å². The van der Waals surface area contributed by atoms with Crippen LogP contribution in [-0.4, -0.2) is 16.6 Å². The number of amides is 1. The van der Waals surface area contributed by atoms with Gasteiger partial charge >= 0.3 is 0 Å². The molecule has 1 atom stereocenters. The van der Waals surface area contributed by atoms with Crippen molar-refractivity contribution in [2.45, 2.75) is 11.9 Å². The second kappa shape index (κ2) is 6.45. The number of carbonyl (C=O) groups excluding carboxylic acids is 1. The Morgan fingerprint density at radius 1 is 1.17 bits per heavy atom. The molecule has 3 rings (SSSR count). The van der Waals surface area contributed by atoms with Crippen LogP contribution < -0.4 is 0 Å². The van der Waals surface area contributed by atoms with E-state index in [2.05, 4.69) is 0 Å². The lowest BCUT2D eigenvalue weighted by atomic mass is 10.1. The Labute approximate surface area is 140 Å². The van der Waals surface area contributed by atoms with Crippen molar-refractivity contribution in [1.29, 1.82) is 0 Å². The van der Waals surface area contributed by atoms with Crippen molar-refractivity contribution in [1.82, 2.24) is 4.90 Å². The van der Waals surface area contributed by atoms with Gasteiger partial charge in [0, 0.05) is 11.6 Å². The van der Waals surface area contributed by atoms with Crippen molar-refractivity contribution in [3.8, 4) is 0 Å². The van der Waals surface area contributed by atoms with Gasteiger partial charge in [-0.1, -0.05) is 23.7 Å². The van der Waals surface area contributed by atoms with Gasteiger partial charge in [-0.3, -0.25) is 4.79 Å². The third-order valence-corrected chi connectivity index (χ3v) is 4.99. The Balaban J connectivity index is 1.89. The summed E-state index contributed by atoms with van der Waals surface area (Å²) in [5, 5.41) is 0.249. The van der Waals surface area contributed by atoms with Gasteiger partial charge in [0.2, 0.25) is 5.91 Å². The minimum Gasteiger partial charge on any atom is -0.322 e. The van der Waals surface area contributed by atoms with Crippen molar-refractivity contribution >= 4 is 29.3 Å². The molecule has 0 radical (unpaired) electrons. The first-order valence-corrected chi connectivity index (χ1v) is 8.18. The van der Waals surface area contributed by atoms with E-state index in [1.54, 1.807) is 18.2 Å². The maximum atomic E-state index is 13.3. The van der Waals surface area contributed by atoms with Gasteiger partial charge in [-0.15, -0.1) is 11.8 Å². The molecule has 1 aliphatic heterocycles. The summed E-state index contributed by atoms with van der Waals surface area (Å²) < 4.78 is 39.7. The summed E-state index contributed by atoms with van der Waals surface area (Å²) >= 11 is 7.38. The van der Waals surface area contributed by atoms with E-state index >= 15 is 0 Å². The van der Waals surface area contributed by atoms with Gasteiger partial charge in [0.25, 0.3) is 0 Å². The van der Waals surface area contributed by atoms with Gasteiger partial charge in [0.05, 0.1) is 5.75 Å². The highest BCUT2D eigenvalue weighted by atomic mass is 35.5. The zero-order chi connectivity index (χ0) is 16.6. The van der Waals surface area contributed by atoms with Crippen LogP contribution in [0.1, 0.15) is 16.5 Å². The van der Waals surface area contributed by atoms with Gasteiger partial charge < -0.3 is 4.90 Å². The van der Waals surface area contributed by atoms with Crippen molar-refractivity contribution < 1.29 is 18.0 Å².